The molecule has 2 N–H and O–H groups in total. The molecule has 1 atom stereocenters. The molecule has 96 valence electrons. The number of aliphatic carboxylic acids is 1. The number of nitrogens with zero attached hydrogens (tertiary/aromatic N) is 1. The van der Waals surface area contributed by atoms with Crippen LogP contribution in [0.1, 0.15) is 13.3 Å². The van der Waals surface area contributed by atoms with Gasteiger partial charge in [-0.15, -0.1) is 0 Å². The molecule has 0 saturated carbocycles. The van der Waals surface area contributed by atoms with Crippen molar-refractivity contribution in [3.05, 3.63) is 0 Å². The summed E-state index contributed by atoms with van der Waals surface area (Å²) in [4.78, 5) is 33.2. The Morgan fingerprint density at radius 1 is 1.47 bits per heavy atom. The second-order valence-corrected chi connectivity index (χ2v) is 3.80. The Balaban J connectivity index is 3.02. The van der Waals surface area contributed by atoms with Crippen molar-refractivity contribution in [1.29, 1.82) is 0 Å². The van der Waals surface area contributed by atoms with Gasteiger partial charge in [0, 0.05) is 0 Å². The highest BCUT2D eigenvalue weighted by molar-refractivity contribution is 6.08. The van der Waals surface area contributed by atoms with E-state index in [4.69, 9.17) is 5.11 Å². The normalized spacial score (nSPS) is 25.1. The van der Waals surface area contributed by atoms with E-state index in [1.165, 1.54) is 0 Å². The van der Waals surface area contributed by atoms with Crippen LogP contribution in [0.15, 0.2) is 0 Å². The first-order chi connectivity index (χ1) is 7.56. The minimum Gasteiger partial charge on any atom is -0.481 e. The van der Waals surface area contributed by atoms with Gasteiger partial charge in [0.1, 0.15) is 12.1 Å². The molecule has 1 saturated heterocycles. The van der Waals surface area contributed by atoms with Gasteiger partial charge in [-0.2, -0.15) is 13.2 Å². The molecule has 0 bridgehead atoms. The third-order valence-corrected chi connectivity index (χ3v) is 2.38. The summed E-state index contributed by atoms with van der Waals surface area (Å²) >= 11 is 0. The van der Waals surface area contributed by atoms with Crippen LogP contribution in [0, 0.1) is 0 Å². The number of carbonyl (C=O) groups is 3. The van der Waals surface area contributed by atoms with Crippen LogP contribution < -0.4 is 5.32 Å². The maximum Gasteiger partial charge on any atom is 0.406 e. The lowest BCUT2D eigenvalue weighted by Gasteiger charge is -2.30. The highest BCUT2D eigenvalue weighted by atomic mass is 19.4. The summed E-state index contributed by atoms with van der Waals surface area (Å²) in [6.45, 7) is -0.693. The molecule has 1 aliphatic heterocycles. The SMILES string of the molecule is CC1(CC(=O)O)C(=O)NC(=O)N1CC(F)(F)F. The number of carbonyl (C=O) groups excluding carboxylic acids is 2. The number of halogens is 3. The van der Waals surface area contributed by atoms with Crippen LogP contribution in [0.2, 0.25) is 0 Å². The number of rotatable bonds is 3. The van der Waals surface area contributed by atoms with E-state index >= 15 is 0 Å². The molecule has 0 spiro atoms. The maximum atomic E-state index is 12.2. The van der Waals surface area contributed by atoms with E-state index in [0.717, 1.165) is 6.92 Å². The lowest BCUT2D eigenvalue weighted by molar-refractivity contribution is -0.156. The first-order valence-electron chi connectivity index (χ1n) is 4.48. The number of imide groups is 1. The lowest BCUT2D eigenvalue weighted by atomic mass is 9.96. The topological polar surface area (TPSA) is 86.7 Å². The van der Waals surface area contributed by atoms with E-state index < -0.39 is 42.6 Å². The first-order valence-corrected chi connectivity index (χ1v) is 4.48. The summed E-state index contributed by atoms with van der Waals surface area (Å²) in [6.07, 6.45) is -5.59. The Bertz CT molecular complexity index is 381. The predicted molar refractivity (Wildman–Crippen MR) is 47.0 cm³/mol. The van der Waals surface area contributed by atoms with Crippen LogP contribution in [0.4, 0.5) is 18.0 Å². The molecule has 17 heavy (non-hydrogen) atoms. The minimum atomic E-state index is -4.71. The van der Waals surface area contributed by atoms with Crippen LogP contribution in [0.5, 0.6) is 0 Å². The van der Waals surface area contributed by atoms with E-state index in [1.54, 1.807) is 5.32 Å². The van der Waals surface area contributed by atoms with Crippen molar-refractivity contribution in [1.82, 2.24) is 10.2 Å². The Morgan fingerprint density at radius 3 is 2.41 bits per heavy atom. The van der Waals surface area contributed by atoms with E-state index in [0.29, 0.717) is 0 Å². The fraction of sp³-hybridized carbons (Fsp3) is 0.625. The van der Waals surface area contributed by atoms with Gasteiger partial charge < -0.3 is 10.0 Å². The molecule has 1 rings (SSSR count). The molecule has 1 fully saturated rings. The number of nitrogens with one attached hydrogen (secondary N) is 1. The lowest BCUT2D eigenvalue weighted by Crippen LogP contribution is -2.51. The summed E-state index contributed by atoms with van der Waals surface area (Å²) in [5.74, 6) is -2.52. The van der Waals surface area contributed by atoms with Gasteiger partial charge in [0.05, 0.1) is 6.42 Å². The summed E-state index contributed by atoms with van der Waals surface area (Å²) in [6, 6.07) is -1.24. The molecule has 0 aliphatic carbocycles. The quantitative estimate of drug-likeness (QED) is 0.711. The Morgan fingerprint density at radius 2 is 2.00 bits per heavy atom. The smallest absolute Gasteiger partial charge is 0.406 e. The summed E-state index contributed by atoms with van der Waals surface area (Å²) in [5.41, 5.74) is -2.02. The molecule has 0 radical (unpaired) electrons. The summed E-state index contributed by atoms with van der Waals surface area (Å²) in [7, 11) is 0. The molecule has 6 nitrogen and oxygen atoms in total. The third kappa shape index (κ3) is 2.66. The van der Waals surface area contributed by atoms with Crippen LogP contribution >= 0.6 is 0 Å². The van der Waals surface area contributed by atoms with Gasteiger partial charge in [-0.3, -0.25) is 14.9 Å². The fourth-order valence-corrected chi connectivity index (χ4v) is 1.54. The molecule has 1 unspecified atom stereocenters. The molecule has 3 amide bonds. The molecular weight excluding hydrogens is 245 g/mol. The van der Waals surface area contributed by atoms with Gasteiger partial charge in [0.2, 0.25) is 0 Å². The van der Waals surface area contributed by atoms with Gasteiger partial charge in [-0.25, -0.2) is 4.79 Å². The minimum absolute atomic E-state index is 0.184. The zero-order valence-corrected chi connectivity index (χ0v) is 8.67. The predicted octanol–water partition coefficient (Wildman–Crippen LogP) is 0.334. The first kappa shape index (κ1) is 13.3. The van der Waals surface area contributed by atoms with Gasteiger partial charge in [0.25, 0.3) is 5.91 Å². The highest BCUT2D eigenvalue weighted by Crippen LogP contribution is 2.29. The number of hydrogen-bond donors (Lipinski definition) is 2. The molecular formula is C8H9F3N2O4. The van der Waals surface area contributed by atoms with Crippen LogP contribution in [0.25, 0.3) is 0 Å². The van der Waals surface area contributed by atoms with Gasteiger partial charge in [0.15, 0.2) is 0 Å². The molecule has 9 heteroatoms. The fourth-order valence-electron chi connectivity index (χ4n) is 1.54. The van der Waals surface area contributed by atoms with E-state index in [9.17, 15) is 27.6 Å². The molecule has 0 aromatic carbocycles. The molecule has 0 aromatic rings. The van der Waals surface area contributed by atoms with Gasteiger partial charge in [-0.05, 0) is 6.92 Å². The number of alkyl halides is 3. The summed E-state index contributed by atoms with van der Waals surface area (Å²) < 4.78 is 36.6. The van der Waals surface area contributed by atoms with Crippen LogP contribution in [0.3, 0.4) is 0 Å². The number of carboxylic acid groups (broad SMARTS) is 1. The number of amides is 3. The highest BCUT2D eigenvalue weighted by Gasteiger charge is 2.53. The Kier molecular flexibility index (Phi) is 3.04. The van der Waals surface area contributed by atoms with Crippen molar-refractivity contribution in [2.75, 3.05) is 6.54 Å². The third-order valence-electron chi connectivity index (χ3n) is 2.38. The Labute approximate surface area is 93.4 Å². The zero-order valence-electron chi connectivity index (χ0n) is 8.67. The standard InChI is InChI=1S/C8H9F3N2O4/c1-7(2-4(14)15)5(16)12-6(17)13(7)3-8(9,10)11/h2-3H2,1H3,(H,14,15)(H,12,16,17). The molecule has 1 aliphatic rings. The van der Waals surface area contributed by atoms with Crippen molar-refractivity contribution in [3.8, 4) is 0 Å². The van der Waals surface area contributed by atoms with Crippen molar-refractivity contribution < 1.29 is 32.7 Å². The van der Waals surface area contributed by atoms with Crippen LogP contribution in [-0.4, -0.2) is 46.2 Å². The van der Waals surface area contributed by atoms with Crippen molar-refractivity contribution in [2.24, 2.45) is 0 Å². The largest absolute Gasteiger partial charge is 0.481 e. The summed E-state index contributed by atoms with van der Waals surface area (Å²) in [5, 5.41) is 10.2. The average molecular weight is 254 g/mol. The van der Waals surface area contributed by atoms with Gasteiger partial charge in [-0.1, -0.05) is 0 Å². The van der Waals surface area contributed by atoms with Crippen molar-refractivity contribution in [2.45, 2.75) is 25.1 Å². The molecule has 1 heterocycles. The van der Waals surface area contributed by atoms with Crippen LogP contribution in [-0.2, 0) is 9.59 Å². The second-order valence-electron chi connectivity index (χ2n) is 3.80. The van der Waals surface area contributed by atoms with E-state index in [-0.39, 0.29) is 4.90 Å². The number of hydrogen-bond acceptors (Lipinski definition) is 3. The zero-order chi connectivity index (χ0) is 13.4. The molecule has 0 aromatic heterocycles. The number of carboxylic acids is 1. The second kappa shape index (κ2) is 3.90. The van der Waals surface area contributed by atoms with E-state index in [2.05, 4.69) is 0 Å². The van der Waals surface area contributed by atoms with Crippen molar-refractivity contribution >= 4 is 17.9 Å². The number of urea groups is 1. The van der Waals surface area contributed by atoms with E-state index in [1.807, 2.05) is 0 Å². The van der Waals surface area contributed by atoms with Gasteiger partial charge >= 0.3 is 18.2 Å². The average Bonchev–Trinajstić information content (AvgIpc) is 2.26. The maximum absolute atomic E-state index is 12.2. The monoisotopic (exact) mass is 254 g/mol. The van der Waals surface area contributed by atoms with Crippen molar-refractivity contribution in [3.63, 3.8) is 0 Å². The Hall–Kier alpha value is -1.80.